The lowest BCUT2D eigenvalue weighted by Gasteiger charge is -2.25. The number of carboxylic acid groups (broad SMARTS) is 1. The topological polar surface area (TPSA) is 49.8 Å². The van der Waals surface area contributed by atoms with Gasteiger partial charge in [-0.3, -0.25) is 0 Å². The summed E-state index contributed by atoms with van der Waals surface area (Å²) in [7, 11) is 0. The fraction of sp³-hybridized carbons (Fsp3) is 0.917. The van der Waals surface area contributed by atoms with Crippen LogP contribution in [-0.2, 0) is 9.53 Å². The van der Waals surface area contributed by atoms with E-state index in [1.807, 2.05) is 0 Å². The molecule has 2 unspecified atom stereocenters. The molecule has 16 heavy (non-hydrogen) atoms. The second-order valence-corrected chi connectivity index (χ2v) is 4.91. The third-order valence-corrected chi connectivity index (χ3v) is 2.92. The summed E-state index contributed by atoms with van der Waals surface area (Å²) in [6.45, 7) is 9.42. The number of hydrogen-bond donors (Lipinski definition) is 1. The molecule has 0 radical (unpaired) electrons. The predicted molar refractivity (Wildman–Crippen MR) is 62.5 cm³/mol. The molecule has 1 N–H and O–H groups in total. The number of likely N-dealkylation sites (N-methyl/N-ethyl adjacent to an activating group) is 1. The summed E-state index contributed by atoms with van der Waals surface area (Å²) in [4.78, 5) is 13.1. The highest BCUT2D eigenvalue weighted by atomic mass is 16.5. The average molecular weight is 229 g/mol. The number of nitrogens with zero attached hydrogens (tertiary/aromatic N) is 1. The normalized spacial score (nSPS) is 25.6. The fourth-order valence-electron chi connectivity index (χ4n) is 2.16. The van der Waals surface area contributed by atoms with Gasteiger partial charge in [0.15, 0.2) is 6.10 Å². The number of aliphatic carboxylic acids is 1. The first-order chi connectivity index (χ1) is 7.52. The van der Waals surface area contributed by atoms with E-state index < -0.39 is 12.1 Å². The Morgan fingerprint density at radius 3 is 2.62 bits per heavy atom. The van der Waals surface area contributed by atoms with Crippen molar-refractivity contribution in [1.29, 1.82) is 0 Å². The minimum absolute atomic E-state index is 0.0970. The summed E-state index contributed by atoms with van der Waals surface area (Å²) in [5.74, 6) is -0.189. The predicted octanol–water partition coefficient (Wildman–Crippen LogP) is 1.60. The fourth-order valence-corrected chi connectivity index (χ4v) is 2.16. The molecular weight excluding hydrogens is 206 g/mol. The summed E-state index contributed by atoms with van der Waals surface area (Å²) in [5, 5.41) is 8.83. The lowest BCUT2D eigenvalue weighted by atomic mass is 10.1. The maximum Gasteiger partial charge on any atom is 0.332 e. The number of carboxylic acids is 1. The van der Waals surface area contributed by atoms with Crippen LogP contribution in [0.25, 0.3) is 0 Å². The third-order valence-electron chi connectivity index (χ3n) is 2.92. The Balaban J connectivity index is 2.34. The molecule has 0 aromatic rings. The zero-order valence-corrected chi connectivity index (χ0v) is 10.5. The zero-order chi connectivity index (χ0) is 12.1. The molecule has 0 bridgehead atoms. The van der Waals surface area contributed by atoms with E-state index in [-0.39, 0.29) is 6.10 Å². The smallest absolute Gasteiger partial charge is 0.332 e. The van der Waals surface area contributed by atoms with Gasteiger partial charge < -0.3 is 14.7 Å². The van der Waals surface area contributed by atoms with Crippen molar-refractivity contribution >= 4 is 5.97 Å². The minimum Gasteiger partial charge on any atom is -0.479 e. The largest absolute Gasteiger partial charge is 0.479 e. The van der Waals surface area contributed by atoms with Gasteiger partial charge in [-0.25, -0.2) is 4.79 Å². The van der Waals surface area contributed by atoms with E-state index in [2.05, 4.69) is 25.7 Å². The van der Waals surface area contributed by atoms with Crippen LogP contribution in [0, 0.1) is 5.92 Å². The molecule has 4 nitrogen and oxygen atoms in total. The molecule has 2 atom stereocenters. The van der Waals surface area contributed by atoms with E-state index in [9.17, 15) is 4.79 Å². The molecule has 1 aliphatic heterocycles. The van der Waals surface area contributed by atoms with E-state index >= 15 is 0 Å². The van der Waals surface area contributed by atoms with Gasteiger partial charge in [-0.05, 0) is 25.3 Å². The van der Waals surface area contributed by atoms with Gasteiger partial charge >= 0.3 is 5.97 Å². The maximum atomic E-state index is 10.7. The van der Waals surface area contributed by atoms with Crippen LogP contribution in [0.2, 0.25) is 0 Å². The van der Waals surface area contributed by atoms with Crippen LogP contribution in [-0.4, -0.2) is 47.8 Å². The van der Waals surface area contributed by atoms with Crippen molar-refractivity contribution in [2.45, 2.75) is 45.8 Å². The van der Waals surface area contributed by atoms with Gasteiger partial charge in [0.05, 0.1) is 6.10 Å². The monoisotopic (exact) mass is 229 g/mol. The average Bonchev–Trinajstić information content (AvgIpc) is 2.64. The number of ether oxygens (including phenoxy) is 1. The van der Waals surface area contributed by atoms with Crippen molar-refractivity contribution in [2.24, 2.45) is 5.92 Å². The second-order valence-electron chi connectivity index (χ2n) is 4.91. The number of hydrogen-bond acceptors (Lipinski definition) is 3. The molecule has 1 fully saturated rings. The molecule has 1 saturated heterocycles. The summed E-state index contributed by atoms with van der Waals surface area (Å²) in [6.07, 6.45) is 1.03. The van der Waals surface area contributed by atoms with Crippen LogP contribution in [0.15, 0.2) is 0 Å². The molecule has 1 rings (SSSR count). The van der Waals surface area contributed by atoms with E-state index in [1.54, 1.807) is 0 Å². The molecule has 94 valence electrons. The third kappa shape index (κ3) is 4.10. The molecule has 1 aliphatic rings. The maximum absolute atomic E-state index is 10.7. The van der Waals surface area contributed by atoms with Crippen LogP contribution in [0.3, 0.4) is 0 Å². The van der Waals surface area contributed by atoms with Crippen molar-refractivity contribution in [3.63, 3.8) is 0 Å². The summed E-state index contributed by atoms with van der Waals surface area (Å²) in [5.41, 5.74) is 0. The Hall–Kier alpha value is -0.610. The van der Waals surface area contributed by atoms with Crippen LogP contribution < -0.4 is 0 Å². The standard InChI is InChI=1S/C12H23NO3/c1-4-13(7-9(2)3)8-10-5-6-11(16-10)12(14)15/h9-11H,4-8H2,1-3H3,(H,14,15). The first-order valence-corrected chi connectivity index (χ1v) is 6.13. The number of rotatable bonds is 6. The van der Waals surface area contributed by atoms with Gasteiger partial charge in [0.25, 0.3) is 0 Å². The van der Waals surface area contributed by atoms with Gasteiger partial charge in [-0.15, -0.1) is 0 Å². The van der Waals surface area contributed by atoms with Gasteiger partial charge in [-0.1, -0.05) is 20.8 Å². The van der Waals surface area contributed by atoms with Gasteiger partial charge in [0.1, 0.15) is 0 Å². The molecule has 4 heteroatoms. The first kappa shape index (κ1) is 13.5. The van der Waals surface area contributed by atoms with Gasteiger partial charge in [-0.2, -0.15) is 0 Å². The Labute approximate surface area is 97.6 Å². The lowest BCUT2D eigenvalue weighted by molar-refractivity contribution is -0.149. The zero-order valence-electron chi connectivity index (χ0n) is 10.5. The lowest BCUT2D eigenvalue weighted by Crippen LogP contribution is -2.35. The highest BCUT2D eigenvalue weighted by Crippen LogP contribution is 2.20. The van der Waals surface area contributed by atoms with E-state index in [0.29, 0.717) is 12.3 Å². The van der Waals surface area contributed by atoms with Crippen LogP contribution in [0.4, 0.5) is 0 Å². The molecule has 0 spiro atoms. The van der Waals surface area contributed by atoms with Crippen molar-refractivity contribution in [1.82, 2.24) is 4.90 Å². The molecule has 0 aromatic carbocycles. The quantitative estimate of drug-likeness (QED) is 0.751. The SMILES string of the molecule is CCN(CC(C)C)CC1CCC(C(=O)O)O1. The van der Waals surface area contributed by atoms with E-state index in [0.717, 1.165) is 26.1 Å². The second kappa shape index (κ2) is 6.21. The highest BCUT2D eigenvalue weighted by molar-refractivity contribution is 5.72. The molecule has 0 saturated carbocycles. The van der Waals surface area contributed by atoms with Gasteiger partial charge in [0.2, 0.25) is 0 Å². The Kier molecular flexibility index (Phi) is 5.22. The Morgan fingerprint density at radius 2 is 2.19 bits per heavy atom. The van der Waals surface area contributed by atoms with Crippen molar-refractivity contribution in [2.75, 3.05) is 19.6 Å². The van der Waals surface area contributed by atoms with Crippen LogP contribution in [0.1, 0.15) is 33.6 Å². The number of carbonyl (C=O) groups is 1. The van der Waals surface area contributed by atoms with Crippen molar-refractivity contribution < 1.29 is 14.6 Å². The van der Waals surface area contributed by atoms with Gasteiger partial charge in [0, 0.05) is 13.1 Å². The Morgan fingerprint density at radius 1 is 1.50 bits per heavy atom. The van der Waals surface area contributed by atoms with E-state index in [1.165, 1.54) is 0 Å². The molecular formula is C12H23NO3. The molecule has 0 aliphatic carbocycles. The molecule has 1 heterocycles. The summed E-state index contributed by atoms with van der Waals surface area (Å²) >= 11 is 0. The van der Waals surface area contributed by atoms with E-state index in [4.69, 9.17) is 9.84 Å². The van der Waals surface area contributed by atoms with Crippen molar-refractivity contribution in [3.05, 3.63) is 0 Å². The Bertz CT molecular complexity index is 230. The highest BCUT2D eigenvalue weighted by Gasteiger charge is 2.31. The molecule has 0 aromatic heterocycles. The summed E-state index contributed by atoms with van der Waals surface area (Å²) in [6, 6.07) is 0. The first-order valence-electron chi connectivity index (χ1n) is 6.13. The summed E-state index contributed by atoms with van der Waals surface area (Å²) < 4.78 is 5.50. The van der Waals surface area contributed by atoms with Crippen LogP contribution in [0.5, 0.6) is 0 Å². The van der Waals surface area contributed by atoms with Crippen molar-refractivity contribution in [3.8, 4) is 0 Å². The minimum atomic E-state index is -0.825. The molecule has 0 amide bonds. The van der Waals surface area contributed by atoms with Crippen LogP contribution >= 0.6 is 0 Å².